The van der Waals surface area contributed by atoms with E-state index < -0.39 is 23.6 Å². The summed E-state index contributed by atoms with van der Waals surface area (Å²) in [6.45, 7) is 5.54. The van der Waals surface area contributed by atoms with Gasteiger partial charge in [0.05, 0.1) is 17.2 Å². The van der Waals surface area contributed by atoms with Gasteiger partial charge in [-0.1, -0.05) is 32.9 Å². The van der Waals surface area contributed by atoms with Crippen molar-refractivity contribution in [3.8, 4) is 0 Å². The summed E-state index contributed by atoms with van der Waals surface area (Å²) < 4.78 is 38.9. The largest absolute Gasteiger partial charge is 0.418 e. The minimum Gasteiger partial charge on any atom is -0.272 e. The van der Waals surface area contributed by atoms with Gasteiger partial charge in [-0.2, -0.15) is 23.3 Å². The van der Waals surface area contributed by atoms with Crippen LogP contribution in [-0.4, -0.2) is 12.1 Å². The topological polar surface area (TPSA) is 32.7 Å². The second kappa shape index (κ2) is 4.61. The van der Waals surface area contributed by atoms with Gasteiger partial charge in [-0.3, -0.25) is 4.79 Å². The van der Waals surface area contributed by atoms with Crippen LogP contribution in [0.15, 0.2) is 29.4 Å². The Morgan fingerprint density at radius 3 is 2.25 bits per heavy atom. The van der Waals surface area contributed by atoms with Crippen molar-refractivity contribution in [1.82, 2.24) is 0 Å². The van der Waals surface area contributed by atoms with Crippen molar-refractivity contribution in [2.75, 3.05) is 5.01 Å². The molecule has 0 saturated heterocycles. The molecule has 1 amide bonds. The van der Waals surface area contributed by atoms with Crippen molar-refractivity contribution in [3.05, 3.63) is 29.8 Å². The van der Waals surface area contributed by atoms with Crippen molar-refractivity contribution in [2.45, 2.75) is 26.9 Å². The van der Waals surface area contributed by atoms with Crippen LogP contribution >= 0.6 is 0 Å². The molecule has 0 aliphatic carbocycles. The molecule has 0 radical (unpaired) electrons. The number of carbonyl (C=O) groups is 1. The monoisotopic (exact) mass is 284 g/mol. The Kier molecular flexibility index (Phi) is 3.36. The quantitative estimate of drug-likeness (QED) is 0.774. The third kappa shape index (κ3) is 2.55. The van der Waals surface area contributed by atoms with Crippen LogP contribution < -0.4 is 5.01 Å². The standard InChI is InChI=1S/C14H15F3N2O/c1-13(2,3)10-8-18-19(12(10)20)11-7-5-4-6-9(11)14(15,16)17/h4-8,10H,1-3H3. The van der Waals surface area contributed by atoms with Crippen LogP contribution in [0.3, 0.4) is 0 Å². The zero-order chi connectivity index (χ0) is 15.1. The second-order valence-electron chi connectivity index (χ2n) is 5.77. The third-order valence-corrected chi connectivity index (χ3v) is 3.18. The van der Waals surface area contributed by atoms with Crippen molar-refractivity contribution in [2.24, 2.45) is 16.4 Å². The number of rotatable bonds is 1. The lowest BCUT2D eigenvalue weighted by Gasteiger charge is -2.25. The highest BCUT2D eigenvalue weighted by molar-refractivity contribution is 6.08. The van der Waals surface area contributed by atoms with Gasteiger partial charge in [0, 0.05) is 6.21 Å². The molecule has 0 saturated carbocycles. The summed E-state index contributed by atoms with van der Waals surface area (Å²) in [5.74, 6) is -0.960. The van der Waals surface area contributed by atoms with Gasteiger partial charge in [-0.25, -0.2) is 0 Å². The third-order valence-electron chi connectivity index (χ3n) is 3.18. The fraction of sp³-hybridized carbons (Fsp3) is 0.429. The Labute approximate surface area is 115 Å². The van der Waals surface area contributed by atoms with E-state index >= 15 is 0 Å². The van der Waals surface area contributed by atoms with Gasteiger partial charge < -0.3 is 0 Å². The zero-order valence-electron chi connectivity index (χ0n) is 11.4. The number of amides is 1. The molecule has 1 aliphatic heterocycles. The van der Waals surface area contributed by atoms with Crippen LogP contribution in [0.5, 0.6) is 0 Å². The summed E-state index contributed by atoms with van der Waals surface area (Å²) >= 11 is 0. The number of para-hydroxylation sites is 1. The molecule has 1 aromatic rings. The van der Waals surface area contributed by atoms with Crippen molar-refractivity contribution in [1.29, 1.82) is 0 Å². The van der Waals surface area contributed by atoms with Crippen molar-refractivity contribution < 1.29 is 18.0 Å². The van der Waals surface area contributed by atoms with E-state index in [1.165, 1.54) is 24.4 Å². The maximum Gasteiger partial charge on any atom is 0.418 e. The molecule has 108 valence electrons. The number of benzene rings is 1. The molecule has 1 atom stereocenters. The van der Waals surface area contributed by atoms with Crippen LogP contribution in [0.1, 0.15) is 26.3 Å². The van der Waals surface area contributed by atoms with E-state index in [4.69, 9.17) is 0 Å². The number of nitrogens with zero attached hydrogens (tertiary/aromatic N) is 2. The van der Waals surface area contributed by atoms with E-state index in [9.17, 15) is 18.0 Å². The van der Waals surface area contributed by atoms with Gasteiger partial charge >= 0.3 is 6.18 Å². The molecule has 0 spiro atoms. The minimum atomic E-state index is -4.52. The molecule has 1 heterocycles. The molecule has 3 nitrogen and oxygen atoms in total. The molecule has 6 heteroatoms. The number of halogens is 3. The Bertz CT molecular complexity index is 558. The number of anilines is 1. The van der Waals surface area contributed by atoms with E-state index in [1.807, 2.05) is 20.8 Å². The SMILES string of the molecule is CC(C)(C)C1C=NN(c2ccccc2C(F)(F)F)C1=O. The van der Waals surface area contributed by atoms with E-state index in [0.717, 1.165) is 11.1 Å². The zero-order valence-corrected chi connectivity index (χ0v) is 11.4. The maximum atomic E-state index is 13.0. The highest BCUT2D eigenvalue weighted by Gasteiger charge is 2.41. The van der Waals surface area contributed by atoms with Crippen molar-refractivity contribution in [3.63, 3.8) is 0 Å². The molecule has 1 unspecified atom stereocenters. The summed E-state index contributed by atoms with van der Waals surface area (Å²) in [4.78, 5) is 12.3. The Morgan fingerprint density at radius 1 is 1.15 bits per heavy atom. The van der Waals surface area contributed by atoms with Crippen LogP contribution in [-0.2, 0) is 11.0 Å². The fourth-order valence-electron chi connectivity index (χ4n) is 2.06. The van der Waals surface area contributed by atoms with Gasteiger partial charge in [0.25, 0.3) is 5.91 Å². The molecule has 0 bridgehead atoms. The Balaban J connectivity index is 2.41. The predicted octanol–water partition coefficient (Wildman–Crippen LogP) is 3.70. The molecule has 2 rings (SSSR count). The van der Waals surface area contributed by atoms with Gasteiger partial charge in [0.2, 0.25) is 0 Å². The van der Waals surface area contributed by atoms with Crippen molar-refractivity contribution >= 4 is 17.8 Å². The molecule has 0 N–H and O–H groups in total. The van der Waals surface area contributed by atoms with Gasteiger partial charge in [-0.05, 0) is 17.5 Å². The van der Waals surface area contributed by atoms with E-state index in [0.29, 0.717) is 0 Å². The van der Waals surface area contributed by atoms with Gasteiger partial charge in [-0.15, -0.1) is 0 Å². The summed E-state index contributed by atoms with van der Waals surface area (Å²) in [7, 11) is 0. The summed E-state index contributed by atoms with van der Waals surface area (Å²) in [5.41, 5.74) is -1.48. The number of alkyl halides is 3. The molecule has 20 heavy (non-hydrogen) atoms. The molecule has 1 aliphatic rings. The first kappa shape index (κ1) is 14.6. The second-order valence-corrected chi connectivity index (χ2v) is 5.77. The van der Waals surface area contributed by atoms with Gasteiger partial charge in [0.15, 0.2) is 0 Å². The average Bonchev–Trinajstić information content (AvgIpc) is 2.69. The van der Waals surface area contributed by atoms with Crippen LogP contribution in [0, 0.1) is 11.3 Å². The molecule has 0 fully saturated rings. The van der Waals surface area contributed by atoms with Crippen LogP contribution in [0.25, 0.3) is 0 Å². The average molecular weight is 284 g/mol. The lowest BCUT2D eigenvalue weighted by atomic mass is 9.81. The highest BCUT2D eigenvalue weighted by atomic mass is 19.4. The Morgan fingerprint density at radius 2 is 1.75 bits per heavy atom. The molecular weight excluding hydrogens is 269 g/mol. The maximum absolute atomic E-state index is 13.0. The first-order chi connectivity index (χ1) is 9.12. The summed E-state index contributed by atoms with van der Waals surface area (Å²) in [5, 5.41) is 4.71. The van der Waals surface area contributed by atoms with Gasteiger partial charge in [0.1, 0.15) is 0 Å². The molecule has 1 aromatic carbocycles. The predicted molar refractivity (Wildman–Crippen MR) is 70.4 cm³/mol. The lowest BCUT2D eigenvalue weighted by Crippen LogP contribution is -2.34. The van der Waals surface area contributed by atoms with E-state index in [2.05, 4.69) is 5.10 Å². The summed E-state index contributed by atoms with van der Waals surface area (Å²) in [6, 6.07) is 4.95. The Hall–Kier alpha value is -1.85. The smallest absolute Gasteiger partial charge is 0.272 e. The first-order valence-corrected chi connectivity index (χ1v) is 6.16. The number of hydrogen-bond donors (Lipinski definition) is 0. The van der Waals surface area contributed by atoms with Crippen LogP contribution in [0.4, 0.5) is 18.9 Å². The highest BCUT2D eigenvalue weighted by Crippen LogP contribution is 2.39. The molecular formula is C14H15F3N2O. The fourth-order valence-corrected chi connectivity index (χ4v) is 2.06. The first-order valence-electron chi connectivity index (χ1n) is 6.16. The van der Waals surface area contributed by atoms with E-state index in [1.54, 1.807) is 0 Å². The minimum absolute atomic E-state index is 0.229. The lowest BCUT2D eigenvalue weighted by molar-refractivity contribution is -0.137. The molecule has 0 aromatic heterocycles. The summed E-state index contributed by atoms with van der Waals surface area (Å²) in [6.07, 6.45) is -3.11. The number of carbonyl (C=O) groups excluding carboxylic acids is 1. The van der Waals surface area contributed by atoms with Crippen LogP contribution in [0.2, 0.25) is 0 Å². The number of hydrogen-bond acceptors (Lipinski definition) is 2. The normalized spacial score (nSPS) is 19.8. The number of hydrazone groups is 1. The van der Waals surface area contributed by atoms with E-state index in [-0.39, 0.29) is 11.1 Å².